The Labute approximate surface area is 199 Å². The molecular formula is C25H32FN5O3. The normalized spacial score (nSPS) is 19.7. The molecule has 1 aliphatic carbocycles. The summed E-state index contributed by atoms with van der Waals surface area (Å²) < 4.78 is 19.1. The number of hydrogen-bond donors (Lipinski definition) is 4. The maximum absolute atomic E-state index is 13.7. The van der Waals surface area contributed by atoms with Gasteiger partial charge in [0.2, 0.25) is 0 Å². The number of anilines is 3. The Hall–Kier alpha value is -3.36. The van der Waals surface area contributed by atoms with Gasteiger partial charge in [0, 0.05) is 18.3 Å². The van der Waals surface area contributed by atoms with E-state index in [9.17, 15) is 14.0 Å². The largest absolute Gasteiger partial charge is 0.444 e. The first-order valence-corrected chi connectivity index (χ1v) is 11.7. The molecule has 0 spiro atoms. The van der Waals surface area contributed by atoms with E-state index in [4.69, 9.17) is 4.74 Å². The van der Waals surface area contributed by atoms with Crippen molar-refractivity contribution >= 4 is 29.3 Å². The van der Waals surface area contributed by atoms with Crippen LogP contribution in [0.15, 0.2) is 24.3 Å². The number of hydrogen-bond acceptors (Lipinski definition) is 6. The molecule has 2 atom stereocenters. The highest BCUT2D eigenvalue weighted by atomic mass is 19.1. The van der Waals surface area contributed by atoms with Crippen LogP contribution in [0.2, 0.25) is 0 Å². The van der Waals surface area contributed by atoms with Crippen LogP contribution in [0.5, 0.6) is 0 Å². The fraction of sp³-hybridized carbons (Fsp3) is 0.480. The fourth-order valence-electron chi connectivity index (χ4n) is 4.40. The Morgan fingerprint density at radius 1 is 1.18 bits per heavy atom. The van der Waals surface area contributed by atoms with E-state index in [0.29, 0.717) is 35.0 Å². The lowest BCUT2D eigenvalue weighted by Crippen LogP contribution is -2.49. The van der Waals surface area contributed by atoms with Crippen LogP contribution in [-0.4, -0.2) is 34.7 Å². The number of halogens is 1. The first kappa shape index (κ1) is 23.8. The Balaban J connectivity index is 1.56. The van der Waals surface area contributed by atoms with E-state index in [-0.39, 0.29) is 23.8 Å². The minimum absolute atomic E-state index is 0.0298. The summed E-state index contributed by atoms with van der Waals surface area (Å²) in [6, 6.07) is 6.42. The average Bonchev–Trinajstić information content (AvgIpc) is 3.12. The Bertz CT molecular complexity index is 1100. The van der Waals surface area contributed by atoms with Gasteiger partial charge in [-0.15, -0.1) is 0 Å². The molecule has 4 N–H and O–H groups in total. The predicted molar refractivity (Wildman–Crippen MR) is 129 cm³/mol. The number of nitrogens with one attached hydrogen (secondary N) is 4. The van der Waals surface area contributed by atoms with Crippen molar-refractivity contribution < 1.29 is 18.7 Å². The monoisotopic (exact) mass is 469 g/mol. The molecule has 0 bridgehead atoms. The number of rotatable bonds is 5. The Kier molecular flexibility index (Phi) is 6.63. The van der Waals surface area contributed by atoms with Gasteiger partial charge in [-0.25, -0.2) is 14.2 Å². The summed E-state index contributed by atoms with van der Waals surface area (Å²) in [7, 11) is 0. The molecule has 2 amide bonds. The van der Waals surface area contributed by atoms with E-state index >= 15 is 0 Å². The molecule has 4 rings (SSSR count). The number of amides is 2. The van der Waals surface area contributed by atoms with Crippen molar-refractivity contribution in [2.45, 2.75) is 77.6 Å². The molecule has 1 aromatic heterocycles. The number of pyridine rings is 1. The zero-order valence-electron chi connectivity index (χ0n) is 20.0. The van der Waals surface area contributed by atoms with Gasteiger partial charge in [0.15, 0.2) is 0 Å². The predicted octanol–water partition coefficient (Wildman–Crippen LogP) is 4.76. The zero-order valence-corrected chi connectivity index (χ0v) is 20.0. The zero-order chi connectivity index (χ0) is 24.5. The highest BCUT2D eigenvalue weighted by Gasteiger charge is 2.30. The van der Waals surface area contributed by atoms with Crippen molar-refractivity contribution in [3.63, 3.8) is 0 Å². The quantitative estimate of drug-likeness (QED) is 0.503. The van der Waals surface area contributed by atoms with Crippen LogP contribution in [0, 0.1) is 12.7 Å². The first-order chi connectivity index (χ1) is 16.1. The van der Waals surface area contributed by atoms with Gasteiger partial charge in [0.25, 0.3) is 5.91 Å². The molecule has 1 aliphatic heterocycles. The maximum Gasteiger partial charge on any atom is 0.407 e. The second-order valence-corrected chi connectivity index (χ2v) is 9.95. The number of ether oxygens (including phenoxy) is 1. The lowest BCUT2D eigenvalue weighted by atomic mass is 9.90. The van der Waals surface area contributed by atoms with Crippen molar-refractivity contribution in [1.82, 2.24) is 15.6 Å². The number of aromatic nitrogens is 1. The summed E-state index contributed by atoms with van der Waals surface area (Å²) in [6.45, 7) is 7.61. The van der Waals surface area contributed by atoms with Gasteiger partial charge in [-0.1, -0.05) is 12.8 Å². The molecule has 2 aromatic rings. The minimum atomic E-state index is -0.567. The summed E-state index contributed by atoms with van der Waals surface area (Å²) in [4.78, 5) is 29.5. The highest BCUT2D eigenvalue weighted by molar-refractivity contribution is 6.03. The molecule has 182 valence electrons. The topological polar surface area (TPSA) is 104 Å². The number of aryl methyl sites for hydroxylation is 1. The summed E-state index contributed by atoms with van der Waals surface area (Å²) >= 11 is 0. The average molecular weight is 470 g/mol. The van der Waals surface area contributed by atoms with Gasteiger partial charge >= 0.3 is 6.09 Å². The van der Waals surface area contributed by atoms with Crippen LogP contribution in [0.3, 0.4) is 0 Å². The number of alkyl carbamates (subject to hydrolysis) is 1. The van der Waals surface area contributed by atoms with Gasteiger partial charge in [0.1, 0.15) is 23.1 Å². The van der Waals surface area contributed by atoms with Crippen LogP contribution in [0.1, 0.15) is 67.9 Å². The van der Waals surface area contributed by atoms with Crippen molar-refractivity contribution in [1.29, 1.82) is 0 Å². The highest BCUT2D eigenvalue weighted by Crippen LogP contribution is 2.30. The van der Waals surface area contributed by atoms with E-state index < -0.39 is 11.7 Å². The Morgan fingerprint density at radius 3 is 2.62 bits per heavy atom. The molecule has 2 heterocycles. The van der Waals surface area contributed by atoms with Crippen molar-refractivity contribution in [2.75, 3.05) is 10.6 Å². The molecule has 0 saturated heterocycles. The third-order valence-corrected chi connectivity index (χ3v) is 5.99. The summed E-state index contributed by atoms with van der Waals surface area (Å²) in [5.41, 5.74) is 1.89. The fourth-order valence-corrected chi connectivity index (χ4v) is 4.40. The maximum atomic E-state index is 13.7. The molecule has 9 heteroatoms. The molecule has 1 saturated carbocycles. The van der Waals surface area contributed by atoms with Crippen LogP contribution >= 0.6 is 0 Å². The molecule has 34 heavy (non-hydrogen) atoms. The van der Waals surface area contributed by atoms with E-state index in [1.165, 1.54) is 6.07 Å². The summed E-state index contributed by atoms with van der Waals surface area (Å²) in [5, 5.41) is 12.5. The number of benzene rings is 1. The number of fused-ring (bicyclic) bond motifs is 1. The molecule has 1 fully saturated rings. The second-order valence-electron chi connectivity index (χ2n) is 9.95. The molecular weight excluding hydrogens is 437 g/mol. The number of carbonyl (C=O) groups excluding carboxylic acids is 2. The second kappa shape index (κ2) is 9.48. The molecule has 0 radical (unpaired) electrons. The molecule has 0 unspecified atom stereocenters. The summed E-state index contributed by atoms with van der Waals surface area (Å²) in [5.74, 6) is 0.531. The lowest BCUT2D eigenvalue weighted by Gasteiger charge is -2.34. The van der Waals surface area contributed by atoms with Crippen molar-refractivity contribution in [3.8, 4) is 0 Å². The SMILES string of the molecule is Cc1cc(Nc2nc(N[C@H]3CCCC[C@H]3NC(=O)OC(C)(C)C)cc3c2C(=O)NC3)ccc1F. The van der Waals surface area contributed by atoms with Crippen LogP contribution < -0.4 is 21.3 Å². The molecule has 2 aliphatic rings. The lowest BCUT2D eigenvalue weighted by molar-refractivity contribution is 0.0488. The van der Waals surface area contributed by atoms with Crippen LogP contribution in [-0.2, 0) is 11.3 Å². The van der Waals surface area contributed by atoms with E-state index in [1.54, 1.807) is 19.1 Å². The molecule has 8 nitrogen and oxygen atoms in total. The van der Waals surface area contributed by atoms with Gasteiger partial charge in [-0.2, -0.15) is 0 Å². The van der Waals surface area contributed by atoms with Crippen molar-refractivity contribution in [3.05, 3.63) is 46.8 Å². The van der Waals surface area contributed by atoms with Gasteiger partial charge in [-0.3, -0.25) is 4.79 Å². The van der Waals surface area contributed by atoms with E-state index in [2.05, 4.69) is 26.3 Å². The summed E-state index contributed by atoms with van der Waals surface area (Å²) in [6.07, 6.45) is 3.33. The smallest absolute Gasteiger partial charge is 0.407 e. The number of carbonyl (C=O) groups is 2. The molecule has 1 aromatic carbocycles. The number of nitrogens with zero attached hydrogens (tertiary/aromatic N) is 1. The van der Waals surface area contributed by atoms with Crippen LogP contribution in [0.4, 0.5) is 26.5 Å². The van der Waals surface area contributed by atoms with Crippen molar-refractivity contribution in [2.24, 2.45) is 0 Å². The third-order valence-electron chi connectivity index (χ3n) is 5.99. The van der Waals surface area contributed by atoms with E-state index in [0.717, 1.165) is 31.2 Å². The Morgan fingerprint density at radius 2 is 1.91 bits per heavy atom. The van der Waals surface area contributed by atoms with Gasteiger partial charge < -0.3 is 26.0 Å². The standard InChI is InChI=1S/C25H32FN5O3/c1-14-11-16(9-10-17(14)26)28-22-21-15(13-27-23(21)32)12-20(31-22)29-18-7-5-6-8-19(18)30-24(33)34-25(2,3)4/h9-12,18-19H,5-8,13H2,1-4H3,(H,27,32)(H,30,33)(H2,28,29,31)/t18-,19+/m0/s1. The third kappa shape index (κ3) is 5.58. The van der Waals surface area contributed by atoms with E-state index in [1.807, 2.05) is 26.8 Å². The van der Waals surface area contributed by atoms with Gasteiger partial charge in [0.05, 0.1) is 11.6 Å². The first-order valence-electron chi connectivity index (χ1n) is 11.7. The van der Waals surface area contributed by atoms with Crippen LogP contribution in [0.25, 0.3) is 0 Å². The minimum Gasteiger partial charge on any atom is -0.444 e. The van der Waals surface area contributed by atoms with Gasteiger partial charge in [-0.05, 0) is 75.9 Å².